The molecule has 2 amide bonds. The molecule has 3 heterocycles. The van der Waals surface area contributed by atoms with Crippen LogP contribution >= 0.6 is 23.6 Å². The van der Waals surface area contributed by atoms with Crippen LogP contribution in [-0.2, 0) is 27.2 Å². The number of anilines is 1. The number of amides is 2. The van der Waals surface area contributed by atoms with Gasteiger partial charge in [0.25, 0.3) is 11.8 Å². The van der Waals surface area contributed by atoms with E-state index in [1.165, 1.54) is 16.9 Å². The van der Waals surface area contributed by atoms with Gasteiger partial charge < -0.3 is 9.30 Å². The molecule has 7 nitrogen and oxygen atoms in total. The summed E-state index contributed by atoms with van der Waals surface area (Å²) in [6, 6.07) is 9.32. The number of carbonyl (C=O) groups is 3. The van der Waals surface area contributed by atoms with Crippen molar-refractivity contribution in [3.63, 3.8) is 0 Å². The maximum atomic E-state index is 13.5. The van der Waals surface area contributed by atoms with Crippen LogP contribution in [0.4, 0.5) is 5.69 Å². The normalized spacial score (nSPS) is 16.7. The number of thiocarbonyl (C=S) groups is 1. The molecule has 37 heavy (non-hydrogen) atoms. The zero-order chi connectivity index (χ0) is 26.4. The van der Waals surface area contributed by atoms with Crippen LogP contribution in [0, 0.1) is 20.8 Å². The third-order valence-electron chi connectivity index (χ3n) is 6.97. The number of carbonyl (C=O) groups excluding carboxylic acids is 3. The van der Waals surface area contributed by atoms with E-state index in [0.29, 0.717) is 11.3 Å². The molecular formula is C28H27N3O4S2. The number of aryl methyl sites for hydroxylation is 3. The van der Waals surface area contributed by atoms with E-state index in [1.807, 2.05) is 49.6 Å². The van der Waals surface area contributed by atoms with Crippen molar-refractivity contribution in [2.24, 2.45) is 0 Å². The summed E-state index contributed by atoms with van der Waals surface area (Å²) in [6.45, 7) is 5.76. The molecule has 0 atom stereocenters. The predicted molar refractivity (Wildman–Crippen MR) is 148 cm³/mol. The average Bonchev–Trinajstić information content (AvgIpc) is 3.38. The zero-order valence-electron chi connectivity index (χ0n) is 21.1. The first-order valence-electron chi connectivity index (χ1n) is 12.1. The Morgan fingerprint density at radius 3 is 2.59 bits per heavy atom. The summed E-state index contributed by atoms with van der Waals surface area (Å²) < 4.78 is 7.18. The number of nitrogens with zero attached hydrogens (tertiary/aromatic N) is 2. The van der Waals surface area contributed by atoms with Crippen molar-refractivity contribution in [1.29, 1.82) is 0 Å². The Balaban J connectivity index is 1.60. The molecule has 1 aliphatic carbocycles. The molecule has 5 rings (SSSR count). The molecule has 1 aromatic carbocycles. The highest BCUT2D eigenvalue weighted by atomic mass is 32.1. The van der Waals surface area contributed by atoms with Crippen molar-refractivity contribution in [3.05, 3.63) is 74.4 Å². The largest absolute Gasteiger partial charge is 0.465 e. The number of para-hydroxylation sites is 1. The van der Waals surface area contributed by atoms with Gasteiger partial charge in [-0.2, -0.15) is 0 Å². The van der Waals surface area contributed by atoms with Crippen molar-refractivity contribution in [2.75, 3.05) is 12.0 Å². The number of thiophene rings is 1. The highest BCUT2D eigenvalue weighted by Crippen LogP contribution is 2.39. The lowest BCUT2D eigenvalue weighted by Gasteiger charge is -2.30. The molecule has 0 unspecified atom stereocenters. The van der Waals surface area contributed by atoms with E-state index in [4.69, 9.17) is 17.0 Å². The fraction of sp³-hybridized carbons (Fsp3) is 0.286. The number of nitrogens with one attached hydrogen (secondary N) is 1. The Bertz CT molecular complexity index is 1510. The van der Waals surface area contributed by atoms with Gasteiger partial charge in [-0.1, -0.05) is 18.2 Å². The Hall–Kier alpha value is -3.56. The number of rotatable bonds is 4. The summed E-state index contributed by atoms with van der Waals surface area (Å²) in [4.78, 5) is 41.9. The number of benzene rings is 1. The first-order valence-corrected chi connectivity index (χ1v) is 13.3. The zero-order valence-corrected chi connectivity index (χ0v) is 22.8. The maximum absolute atomic E-state index is 13.5. The van der Waals surface area contributed by atoms with Crippen LogP contribution in [0.3, 0.4) is 0 Å². The smallest absolute Gasteiger partial charge is 0.341 e. The van der Waals surface area contributed by atoms with E-state index >= 15 is 0 Å². The van der Waals surface area contributed by atoms with Gasteiger partial charge in [0, 0.05) is 16.3 Å². The summed E-state index contributed by atoms with van der Waals surface area (Å²) in [5.41, 5.74) is 5.62. The number of hydrogen-bond donors (Lipinski definition) is 1. The maximum Gasteiger partial charge on any atom is 0.341 e. The molecule has 0 spiro atoms. The van der Waals surface area contributed by atoms with Gasteiger partial charge in [0.05, 0.1) is 18.4 Å². The topological polar surface area (TPSA) is 80.6 Å². The fourth-order valence-corrected chi connectivity index (χ4v) is 6.88. The van der Waals surface area contributed by atoms with Gasteiger partial charge in [0.2, 0.25) is 0 Å². The summed E-state index contributed by atoms with van der Waals surface area (Å²) in [7, 11) is 1.40. The molecule has 3 aromatic rings. The van der Waals surface area contributed by atoms with Crippen LogP contribution in [0.2, 0.25) is 0 Å². The summed E-state index contributed by atoms with van der Waals surface area (Å²) >= 11 is 6.96. The fourth-order valence-electron chi connectivity index (χ4n) is 5.11. The lowest BCUT2D eigenvalue weighted by Crippen LogP contribution is -2.54. The van der Waals surface area contributed by atoms with E-state index in [-0.39, 0.29) is 16.7 Å². The number of aromatic nitrogens is 1. The quantitative estimate of drug-likeness (QED) is 0.222. The minimum atomic E-state index is -0.536. The van der Waals surface area contributed by atoms with Crippen molar-refractivity contribution in [1.82, 2.24) is 9.88 Å². The van der Waals surface area contributed by atoms with Gasteiger partial charge in [0.15, 0.2) is 5.11 Å². The SMILES string of the molecule is COC(=O)c1c(-n2c(C)cc(/C=C3\C(=O)NC(=S)N(c4ccccc4C)C3=O)c2C)sc2c1CCCC2. The average molecular weight is 534 g/mol. The second-order valence-corrected chi connectivity index (χ2v) is 10.8. The predicted octanol–water partition coefficient (Wildman–Crippen LogP) is 4.96. The van der Waals surface area contributed by atoms with Crippen molar-refractivity contribution in [2.45, 2.75) is 46.5 Å². The van der Waals surface area contributed by atoms with Crippen LogP contribution in [0.25, 0.3) is 11.1 Å². The summed E-state index contributed by atoms with van der Waals surface area (Å²) in [5.74, 6) is -1.35. The van der Waals surface area contributed by atoms with Crippen LogP contribution in [0.5, 0.6) is 0 Å². The van der Waals surface area contributed by atoms with E-state index in [0.717, 1.165) is 58.8 Å². The van der Waals surface area contributed by atoms with Gasteiger partial charge in [-0.15, -0.1) is 11.3 Å². The highest BCUT2D eigenvalue weighted by Gasteiger charge is 2.35. The minimum absolute atomic E-state index is 0.00392. The number of ether oxygens (including phenoxy) is 1. The van der Waals surface area contributed by atoms with E-state index < -0.39 is 11.8 Å². The molecule has 0 radical (unpaired) electrons. The van der Waals surface area contributed by atoms with Crippen molar-refractivity contribution in [3.8, 4) is 5.00 Å². The van der Waals surface area contributed by atoms with Gasteiger partial charge in [-0.05, 0) is 93.6 Å². The summed E-state index contributed by atoms with van der Waals surface area (Å²) in [6.07, 6.45) is 5.56. The molecule has 1 fully saturated rings. The standard InChI is InChI=1S/C28H27N3O4S2/c1-15-9-5-7-11-21(15)31-25(33)20(24(32)29-28(31)36)14-18-13-16(2)30(17(18)3)26-23(27(34)35-4)19-10-6-8-12-22(19)37-26/h5,7,9,11,13-14H,6,8,10,12H2,1-4H3,(H,29,32,36)/b20-14+. The second-order valence-electron chi connectivity index (χ2n) is 9.29. The second kappa shape index (κ2) is 9.72. The number of fused-ring (bicyclic) bond motifs is 1. The highest BCUT2D eigenvalue weighted by molar-refractivity contribution is 7.80. The molecular weight excluding hydrogens is 506 g/mol. The van der Waals surface area contributed by atoms with Gasteiger partial charge >= 0.3 is 5.97 Å². The van der Waals surface area contributed by atoms with Crippen LogP contribution in [0.1, 0.15) is 56.2 Å². The lowest BCUT2D eigenvalue weighted by atomic mass is 9.95. The molecule has 1 saturated heterocycles. The van der Waals surface area contributed by atoms with Crippen LogP contribution in [-0.4, -0.2) is 34.6 Å². The molecule has 2 aromatic heterocycles. The lowest BCUT2D eigenvalue weighted by molar-refractivity contribution is -0.122. The van der Waals surface area contributed by atoms with E-state index in [1.54, 1.807) is 23.5 Å². The first-order chi connectivity index (χ1) is 17.7. The Morgan fingerprint density at radius 1 is 1.14 bits per heavy atom. The van der Waals surface area contributed by atoms with Crippen LogP contribution < -0.4 is 10.2 Å². The molecule has 2 aliphatic rings. The number of methoxy groups -OCH3 is 1. The Morgan fingerprint density at radius 2 is 1.86 bits per heavy atom. The van der Waals surface area contributed by atoms with Gasteiger partial charge in [-0.3, -0.25) is 19.8 Å². The van der Waals surface area contributed by atoms with Crippen molar-refractivity contribution < 1.29 is 19.1 Å². The minimum Gasteiger partial charge on any atom is -0.465 e. The Kier molecular flexibility index (Phi) is 6.59. The van der Waals surface area contributed by atoms with Gasteiger partial charge in [0.1, 0.15) is 10.6 Å². The first kappa shape index (κ1) is 25.1. The third-order valence-corrected chi connectivity index (χ3v) is 8.54. The van der Waals surface area contributed by atoms with E-state index in [2.05, 4.69) is 5.32 Å². The molecule has 1 N–H and O–H groups in total. The summed E-state index contributed by atoms with van der Waals surface area (Å²) in [5, 5.41) is 3.53. The van der Waals surface area contributed by atoms with Crippen LogP contribution in [0.15, 0.2) is 35.9 Å². The number of hydrogen-bond acceptors (Lipinski definition) is 6. The Labute approximate surface area is 224 Å². The molecule has 1 aliphatic heterocycles. The molecule has 0 bridgehead atoms. The molecule has 0 saturated carbocycles. The molecule has 9 heteroatoms. The van der Waals surface area contributed by atoms with Gasteiger partial charge in [-0.25, -0.2) is 4.79 Å². The monoisotopic (exact) mass is 533 g/mol. The van der Waals surface area contributed by atoms with E-state index in [9.17, 15) is 14.4 Å². The number of esters is 1. The molecule has 190 valence electrons. The third kappa shape index (κ3) is 4.22. The van der Waals surface area contributed by atoms with Crippen molar-refractivity contribution >= 4 is 58.2 Å².